The molecule has 0 radical (unpaired) electrons. The summed E-state index contributed by atoms with van der Waals surface area (Å²) in [6.45, 7) is 10.6. The lowest BCUT2D eigenvalue weighted by Gasteiger charge is -2.45. The van der Waals surface area contributed by atoms with Crippen LogP contribution in [-0.4, -0.2) is 65.8 Å². The molecule has 1 aliphatic carbocycles. The van der Waals surface area contributed by atoms with E-state index in [-0.39, 0.29) is 12.1 Å². The van der Waals surface area contributed by atoms with Crippen molar-refractivity contribution >= 4 is 0 Å². The molecule has 1 aliphatic heterocycles. The molecule has 2 unspecified atom stereocenters. The molecule has 0 aromatic rings. The van der Waals surface area contributed by atoms with E-state index in [0.717, 1.165) is 25.2 Å². The van der Waals surface area contributed by atoms with Crippen molar-refractivity contribution in [2.75, 3.05) is 39.3 Å². The molecule has 1 heterocycles. The van der Waals surface area contributed by atoms with E-state index in [0.29, 0.717) is 6.04 Å². The Bertz CT molecular complexity index is 277. The summed E-state index contributed by atoms with van der Waals surface area (Å²) in [7, 11) is 0. The predicted octanol–water partition coefficient (Wildman–Crippen LogP) is 0.892. The van der Waals surface area contributed by atoms with Gasteiger partial charge in [0.25, 0.3) is 0 Å². The molecule has 4 heteroatoms. The van der Waals surface area contributed by atoms with Crippen LogP contribution in [0.15, 0.2) is 0 Å². The summed E-state index contributed by atoms with van der Waals surface area (Å²) < 4.78 is 0. The van der Waals surface area contributed by atoms with Gasteiger partial charge in [0.05, 0.1) is 6.61 Å². The van der Waals surface area contributed by atoms with Crippen LogP contribution in [-0.2, 0) is 0 Å². The average molecular weight is 269 g/mol. The van der Waals surface area contributed by atoms with Crippen molar-refractivity contribution in [3.05, 3.63) is 0 Å². The number of hydrogen-bond donors (Lipinski definition) is 2. The van der Waals surface area contributed by atoms with Crippen molar-refractivity contribution in [3.63, 3.8) is 0 Å². The van der Waals surface area contributed by atoms with Gasteiger partial charge >= 0.3 is 0 Å². The second-order valence-electron chi connectivity index (χ2n) is 7.00. The Labute approximate surface area is 117 Å². The molecule has 1 saturated carbocycles. The maximum absolute atomic E-state index is 9.46. The molecule has 1 saturated heterocycles. The Kier molecular flexibility index (Phi) is 5.23. The van der Waals surface area contributed by atoms with Crippen LogP contribution < -0.4 is 5.73 Å². The lowest BCUT2D eigenvalue weighted by atomic mass is 9.79. The summed E-state index contributed by atoms with van der Waals surface area (Å²) in [6.07, 6.45) is 4.36. The van der Waals surface area contributed by atoms with E-state index < -0.39 is 0 Å². The fraction of sp³-hybridized carbons (Fsp3) is 1.00. The maximum Gasteiger partial charge on any atom is 0.0611 e. The highest BCUT2D eigenvalue weighted by Crippen LogP contribution is 2.29. The standard InChI is InChI=1S/C15H31N3O/c1-13(2)11-17-6-8-18(9-7-17)14-4-3-5-15(16,10-14)12-19/h13-14,19H,3-12,16H2,1-2H3. The fourth-order valence-corrected chi connectivity index (χ4v) is 3.65. The van der Waals surface area contributed by atoms with E-state index in [4.69, 9.17) is 5.73 Å². The van der Waals surface area contributed by atoms with Gasteiger partial charge in [-0.05, 0) is 31.6 Å². The van der Waals surface area contributed by atoms with Crippen molar-refractivity contribution in [2.24, 2.45) is 11.7 Å². The molecule has 0 aromatic heterocycles. The summed E-state index contributed by atoms with van der Waals surface area (Å²) in [4.78, 5) is 5.18. The van der Waals surface area contributed by atoms with Crippen molar-refractivity contribution in [2.45, 2.75) is 51.1 Å². The van der Waals surface area contributed by atoms with E-state index in [9.17, 15) is 5.11 Å². The molecule has 19 heavy (non-hydrogen) atoms. The molecule has 0 bridgehead atoms. The van der Waals surface area contributed by atoms with E-state index in [1.807, 2.05) is 0 Å². The minimum atomic E-state index is -0.321. The third kappa shape index (κ3) is 4.15. The van der Waals surface area contributed by atoms with Crippen molar-refractivity contribution < 1.29 is 5.11 Å². The molecular formula is C15H31N3O. The number of hydrogen-bond acceptors (Lipinski definition) is 4. The molecule has 2 atom stereocenters. The summed E-state index contributed by atoms with van der Waals surface area (Å²) in [5, 5.41) is 9.46. The Morgan fingerprint density at radius 3 is 2.53 bits per heavy atom. The molecule has 2 aliphatic rings. The monoisotopic (exact) mass is 269 g/mol. The van der Waals surface area contributed by atoms with Crippen LogP contribution in [0.1, 0.15) is 39.5 Å². The molecule has 0 spiro atoms. The average Bonchev–Trinajstić information content (AvgIpc) is 2.39. The van der Waals surface area contributed by atoms with Crippen molar-refractivity contribution in [1.82, 2.24) is 9.80 Å². The number of nitrogens with zero attached hydrogens (tertiary/aromatic N) is 2. The van der Waals surface area contributed by atoms with Gasteiger partial charge in [-0.2, -0.15) is 0 Å². The Morgan fingerprint density at radius 1 is 1.26 bits per heavy atom. The van der Waals surface area contributed by atoms with Gasteiger partial charge in [0.2, 0.25) is 0 Å². The van der Waals surface area contributed by atoms with Crippen molar-refractivity contribution in [1.29, 1.82) is 0 Å². The number of piperazine rings is 1. The van der Waals surface area contributed by atoms with Crippen LogP contribution in [0.4, 0.5) is 0 Å². The minimum Gasteiger partial charge on any atom is -0.394 e. The van der Waals surface area contributed by atoms with Gasteiger partial charge < -0.3 is 15.7 Å². The lowest BCUT2D eigenvalue weighted by Crippen LogP contribution is -2.57. The largest absolute Gasteiger partial charge is 0.394 e. The van der Waals surface area contributed by atoms with E-state index in [2.05, 4.69) is 23.6 Å². The number of nitrogens with two attached hydrogens (primary N) is 1. The zero-order valence-corrected chi connectivity index (χ0v) is 12.6. The molecule has 0 aromatic carbocycles. The second kappa shape index (κ2) is 6.53. The van der Waals surface area contributed by atoms with E-state index >= 15 is 0 Å². The zero-order chi connectivity index (χ0) is 13.9. The predicted molar refractivity (Wildman–Crippen MR) is 79.1 cm³/mol. The quantitative estimate of drug-likeness (QED) is 0.796. The van der Waals surface area contributed by atoms with Crippen LogP contribution in [0.2, 0.25) is 0 Å². The van der Waals surface area contributed by atoms with E-state index in [1.54, 1.807) is 0 Å². The smallest absolute Gasteiger partial charge is 0.0611 e. The molecular weight excluding hydrogens is 238 g/mol. The molecule has 112 valence electrons. The first kappa shape index (κ1) is 15.2. The Morgan fingerprint density at radius 2 is 1.95 bits per heavy atom. The van der Waals surface area contributed by atoms with Crippen molar-refractivity contribution in [3.8, 4) is 0 Å². The highest BCUT2D eigenvalue weighted by atomic mass is 16.3. The van der Waals surface area contributed by atoms with E-state index in [1.165, 1.54) is 39.1 Å². The highest BCUT2D eigenvalue weighted by molar-refractivity contribution is 4.94. The fourth-order valence-electron chi connectivity index (χ4n) is 3.65. The third-order valence-corrected chi connectivity index (χ3v) is 4.72. The third-order valence-electron chi connectivity index (χ3n) is 4.72. The second-order valence-corrected chi connectivity index (χ2v) is 7.00. The van der Waals surface area contributed by atoms with Crippen LogP contribution >= 0.6 is 0 Å². The first-order chi connectivity index (χ1) is 9.02. The normalized spacial score (nSPS) is 34.9. The maximum atomic E-state index is 9.46. The van der Waals surface area contributed by atoms with Gasteiger partial charge in [-0.15, -0.1) is 0 Å². The molecule has 2 rings (SSSR count). The molecule has 0 amide bonds. The summed E-state index contributed by atoms with van der Waals surface area (Å²) >= 11 is 0. The zero-order valence-electron chi connectivity index (χ0n) is 12.6. The van der Waals surface area contributed by atoms with Gasteiger partial charge in [-0.1, -0.05) is 13.8 Å². The first-order valence-corrected chi connectivity index (χ1v) is 7.88. The number of aliphatic hydroxyl groups excluding tert-OH is 1. The summed E-state index contributed by atoms with van der Waals surface area (Å²) in [6, 6.07) is 0.590. The molecule has 3 N–H and O–H groups in total. The Hall–Kier alpha value is -0.160. The minimum absolute atomic E-state index is 0.136. The summed E-state index contributed by atoms with van der Waals surface area (Å²) in [5.74, 6) is 0.757. The number of aliphatic hydroxyl groups is 1. The van der Waals surface area contributed by atoms with Crippen LogP contribution in [0, 0.1) is 5.92 Å². The van der Waals surface area contributed by atoms with Crippen LogP contribution in [0.5, 0.6) is 0 Å². The molecule has 4 nitrogen and oxygen atoms in total. The molecule has 2 fully saturated rings. The lowest BCUT2D eigenvalue weighted by molar-refractivity contribution is 0.0426. The van der Waals surface area contributed by atoms with Gasteiger partial charge in [0.15, 0.2) is 0 Å². The SMILES string of the molecule is CC(C)CN1CCN(C2CCCC(N)(CO)C2)CC1. The van der Waals surface area contributed by atoms with Gasteiger partial charge in [0, 0.05) is 44.3 Å². The Balaban J connectivity index is 1.81. The highest BCUT2D eigenvalue weighted by Gasteiger charge is 2.35. The van der Waals surface area contributed by atoms with Gasteiger partial charge in [-0.25, -0.2) is 0 Å². The summed E-state index contributed by atoms with van der Waals surface area (Å²) in [5.41, 5.74) is 5.94. The van der Waals surface area contributed by atoms with Gasteiger partial charge in [0.1, 0.15) is 0 Å². The number of rotatable bonds is 4. The topological polar surface area (TPSA) is 52.7 Å². The van der Waals surface area contributed by atoms with Crippen LogP contribution in [0.3, 0.4) is 0 Å². The first-order valence-electron chi connectivity index (χ1n) is 7.88. The van der Waals surface area contributed by atoms with Gasteiger partial charge in [-0.3, -0.25) is 4.90 Å². The van der Waals surface area contributed by atoms with Crippen LogP contribution in [0.25, 0.3) is 0 Å².